The first kappa shape index (κ1) is 13.3. The van der Waals surface area contributed by atoms with E-state index in [-0.39, 0.29) is 0 Å². The van der Waals surface area contributed by atoms with Crippen LogP contribution in [0, 0.1) is 0 Å². The van der Waals surface area contributed by atoms with Crippen LogP contribution in [0.4, 0.5) is 5.00 Å². The molecule has 5 nitrogen and oxygen atoms in total. The molecular formula is C15H19N3O2S. The van der Waals surface area contributed by atoms with Gasteiger partial charge in [-0.05, 0) is 51.0 Å². The molecule has 0 radical (unpaired) electrons. The Bertz CT molecular complexity index is 671. The van der Waals surface area contributed by atoms with Crippen LogP contribution in [0.15, 0.2) is 4.52 Å². The number of thiophene rings is 1. The molecule has 21 heavy (non-hydrogen) atoms. The van der Waals surface area contributed by atoms with Crippen LogP contribution in [0.3, 0.4) is 0 Å². The Morgan fingerprint density at radius 2 is 2.14 bits per heavy atom. The molecule has 1 atom stereocenters. The Hall–Kier alpha value is -1.40. The van der Waals surface area contributed by atoms with E-state index in [4.69, 9.17) is 15.0 Å². The topological polar surface area (TPSA) is 74.2 Å². The quantitative estimate of drug-likeness (QED) is 0.921. The fourth-order valence-electron chi connectivity index (χ4n) is 3.31. The average molecular weight is 305 g/mol. The second-order valence-corrected chi connectivity index (χ2v) is 7.19. The van der Waals surface area contributed by atoms with Crippen LogP contribution < -0.4 is 5.73 Å². The lowest BCUT2D eigenvalue weighted by molar-refractivity contribution is -0.0770. The van der Waals surface area contributed by atoms with Gasteiger partial charge in [-0.2, -0.15) is 4.98 Å². The predicted octanol–water partition coefficient (Wildman–Crippen LogP) is 3.28. The first-order valence-corrected chi connectivity index (χ1v) is 8.37. The van der Waals surface area contributed by atoms with Crippen LogP contribution in [0.1, 0.15) is 48.9 Å². The molecule has 4 rings (SSSR count). The third-order valence-corrected chi connectivity index (χ3v) is 5.65. The van der Waals surface area contributed by atoms with Crippen LogP contribution in [0.2, 0.25) is 0 Å². The van der Waals surface area contributed by atoms with Crippen molar-refractivity contribution < 1.29 is 9.26 Å². The van der Waals surface area contributed by atoms with E-state index in [1.807, 2.05) is 6.92 Å². The highest BCUT2D eigenvalue weighted by molar-refractivity contribution is 7.16. The molecule has 1 unspecified atom stereocenters. The Morgan fingerprint density at radius 3 is 2.95 bits per heavy atom. The molecular weight excluding hydrogens is 286 g/mol. The lowest BCUT2D eigenvalue weighted by atomic mass is 9.95. The molecule has 2 aliphatic rings. The van der Waals surface area contributed by atoms with E-state index < -0.39 is 5.60 Å². The number of nitrogens with zero attached hydrogens (tertiary/aromatic N) is 2. The third kappa shape index (κ3) is 2.08. The first-order valence-electron chi connectivity index (χ1n) is 7.56. The lowest BCUT2D eigenvalue weighted by Crippen LogP contribution is -2.31. The number of fused-ring (bicyclic) bond motifs is 1. The summed E-state index contributed by atoms with van der Waals surface area (Å²) in [6.45, 7) is 2.80. The summed E-state index contributed by atoms with van der Waals surface area (Å²) < 4.78 is 11.4. The van der Waals surface area contributed by atoms with Gasteiger partial charge in [-0.1, -0.05) is 5.16 Å². The largest absolute Gasteiger partial charge is 0.390 e. The minimum Gasteiger partial charge on any atom is -0.390 e. The second kappa shape index (κ2) is 4.81. The number of anilines is 1. The Balaban J connectivity index is 1.72. The number of hydrogen-bond donors (Lipinski definition) is 1. The fourth-order valence-corrected chi connectivity index (χ4v) is 4.46. The SMILES string of the molecule is CC1(c2noc(-c3c(N)sc4c3CCC4)n2)CCCCO1. The number of nitrogen functional groups attached to an aromatic ring is 1. The highest BCUT2D eigenvalue weighted by Gasteiger charge is 2.36. The van der Waals surface area contributed by atoms with Crippen molar-refractivity contribution >= 4 is 16.3 Å². The molecule has 2 aromatic heterocycles. The average Bonchev–Trinajstić information content (AvgIpc) is 3.15. The van der Waals surface area contributed by atoms with Crippen molar-refractivity contribution in [1.29, 1.82) is 0 Å². The van der Waals surface area contributed by atoms with Gasteiger partial charge in [-0.15, -0.1) is 11.3 Å². The van der Waals surface area contributed by atoms with Gasteiger partial charge in [0.2, 0.25) is 5.82 Å². The van der Waals surface area contributed by atoms with Crippen molar-refractivity contribution in [1.82, 2.24) is 10.1 Å². The molecule has 0 aromatic carbocycles. The van der Waals surface area contributed by atoms with E-state index in [0.29, 0.717) is 11.7 Å². The summed E-state index contributed by atoms with van der Waals surface area (Å²) in [6.07, 6.45) is 6.54. The van der Waals surface area contributed by atoms with Gasteiger partial charge < -0.3 is 15.0 Å². The molecule has 0 bridgehead atoms. The zero-order valence-electron chi connectivity index (χ0n) is 12.1. The number of aromatic nitrogens is 2. The van der Waals surface area contributed by atoms with Crippen molar-refractivity contribution in [2.45, 2.75) is 51.0 Å². The maximum absolute atomic E-state index is 6.16. The van der Waals surface area contributed by atoms with Crippen molar-refractivity contribution in [3.8, 4) is 11.5 Å². The van der Waals surface area contributed by atoms with Crippen LogP contribution in [-0.2, 0) is 23.2 Å². The van der Waals surface area contributed by atoms with E-state index >= 15 is 0 Å². The summed E-state index contributed by atoms with van der Waals surface area (Å²) in [7, 11) is 0. The van der Waals surface area contributed by atoms with Crippen LogP contribution >= 0.6 is 11.3 Å². The van der Waals surface area contributed by atoms with Crippen LogP contribution in [-0.4, -0.2) is 16.7 Å². The molecule has 0 amide bonds. The number of nitrogens with two attached hydrogens (primary N) is 1. The van der Waals surface area contributed by atoms with Crippen LogP contribution in [0.5, 0.6) is 0 Å². The number of aryl methyl sites for hydroxylation is 1. The number of hydrogen-bond acceptors (Lipinski definition) is 6. The summed E-state index contributed by atoms with van der Waals surface area (Å²) in [5, 5.41) is 4.97. The molecule has 6 heteroatoms. The molecule has 2 aromatic rings. The number of rotatable bonds is 2. The van der Waals surface area contributed by atoms with Crippen molar-refractivity contribution in [2.75, 3.05) is 12.3 Å². The van der Waals surface area contributed by atoms with E-state index in [2.05, 4.69) is 10.1 Å². The molecule has 1 aliphatic heterocycles. The van der Waals surface area contributed by atoms with Gasteiger partial charge in [-0.25, -0.2) is 0 Å². The van der Waals surface area contributed by atoms with E-state index in [1.165, 1.54) is 16.9 Å². The highest BCUT2D eigenvalue weighted by Crippen LogP contribution is 2.43. The molecule has 0 spiro atoms. The summed E-state index contributed by atoms with van der Waals surface area (Å²) in [5.74, 6) is 1.20. The van der Waals surface area contributed by atoms with Gasteiger partial charge in [0, 0.05) is 11.5 Å². The van der Waals surface area contributed by atoms with Crippen molar-refractivity contribution in [2.24, 2.45) is 0 Å². The molecule has 3 heterocycles. The van der Waals surface area contributed by atoms with E-state index in [1.54, 1.807) is 11.3 Å². The van der Waals surface area contributed by atoms with Gasteiger partial charge in [0.25, 0.3) is 5.89 Å². The standard InChI is InChI=1S/C15H19N3O2S/c1-15(7-2-3-8-19-15)14-17-13(20-18-14)11-9-5-4-6-10(9)21-12(11)16/h2-8,16H2,1H3. The Morgan fingerprint density at radius 1 is 1.24 bits per heavy atom. The molecule has 1 aliphatic carbocycles. The summed E-state index contributed by atoms with van der Waals surface area (Å²) >= 11 is 1.66. The minimum absolute atomic E-state index is 0.423. The monoisotopic (exact) mass is 305 g/mol. The van der Waals surface area contributed by atoms with E-state index in [0.717, 1.165) is 49.3 Å². The smallest absolute Gasteiger partial charge is 0.261 e. The minimum atomic E-state index is -0.423. The van der Waals surface area contributed by atoms with E-state index in [9.17, 15) is 0 Å². The van der Waals surface area contributed by atoms with Gasteiger partial charge in [0.15, 0.2) is 0 Å². The van der Waals surface area contributed by atoms with Crippen LogP contribution in [0.25, 0.3) is 11.5 Å². The maximum atomic E-state index is 6.16. The van der Waals surface area contributed by atoms with Crippen molar-refractivity contribution in [3.05, 3.63) is 16.3 Å². The molecule has 1 fully saturated rings. The predicted molar refractivity (Wildman–Crippen MR) is 81.2 cm³/mol. The molecule has 2 N–H and O–H groups in total. The third-order valence-electron chi connectivity index (χ3n) is 4.53. The second-order valence-electron chi connectivity index (χ2n) is 6.06. The maximum Gasteiger partial charge on any atom is 0.261 e. The highest BCUT2D eigenvalue weighted by atomic mass is 32.1. The zero-order valence-corrected chi connectivity index (χ0v) is 13.0. The van der Waals surface area contributed by atoms with Gasteiger partial charge in [-0.3, -0.25) is 0 Å². The Kier molecular flexibility index (Phi) is 3.04. The zero-order chi connectivity index (χ0) is 14.4. The number of ether oxygens (including phenoxy) is 1. The molecule has 0 saturated carbocycles. The fraction of sp³-hybridized carbons (Fsp3) is 0.600. The molecule has 112 valence electrons. The lowest BCUT2D eigenvalue weighted by Gasteiger charge is -2.30. The van der Waals surface area contributed by atoms with Gasteiger partial charge in [0.1, 0.15) is 5.60 Å². The van der Waals surface area contributed by atoms with Gasteiger partial charge >= 0.3 is 0 Å². The Labute approximate surface area is 127 Å². The normalized spacial score (nSPS) is 25.2. The van der Waals surface area contributed by atoms with Gasteiger partial charge in [0.05, 0.1) is 10.6 Å². The first-order chi connectivity index (χ1) is 10.2. The summed E-state index contributed by atoms with van der Waals surface area (Å²) in [5.41, 5.74) is 8.01. The summed E-state index contributed by atoms with van der Waals surface area (Å²) in [6, 6.07) is 0. The summed E-state index contributed by atoms with van der Waals surface area (Å²) in [4.78, 5) is 5.99. The van der Waals surface area contributed by atoms with Crippen molar-refractivity contribution in [3.63, 3.8) is 0 Å². The molecule has 1 saturated heterocycles.